The lowest BCUT2D eigenvalue weighted by Crippen LogP contribution is -2.45. The highest BCUT2D eigenvalue weighted by Crippen LogP contribution is 2.18. The quantitative estimate of drug-likeness (QED) is 0.0420. The molecule has 412 valence electrons. The lowest BCUT2D eigenvalue weighted by atomic mass is 10.0. The van der Waals surface area contributed by atoms with Crippen LogP contribution in [0.15, 0.2) is 48.6 Å². The van der Waals surface area contributed by atoms with E-state index in [0.29, 0.717) is 6.42 Å². The van der Waals surface area contributed by atoms with E-state index >= 15 is 0 Å². The van der Waals surface area contributed by atoms with Gasteiger partial charge in [0, 0.05) is 6.42 Å². The Balaban J connectivity index is 3.45. The standard InChI is InChI=1S/C66H125NO3/c1-3-5-7-9-11-13-15-17-19-21-23-25-26-27-28-29-30-31-32-33-34-35-36-37-38-39-40-42-44-46-48-50-52-54-56-58-60-62-66(70)67-64(63-68)65(69)61-59-57-55-53-51-49-47-45-43-41-24-22-20-18-16-14-12-10-8-6-4-2/h21,23,43,45,51,53,59,61,64-65,68-69H,3-20,22,24-42,44,46-50,52,54-58,60,62-63H2,1-2H3,(H,67,70)/b23-21-,45-43+,53-51+,61-59+. The normalized spacial score (nSPS) is 13.0. The van der Waals surface area contributed by atoms with Gasteiger partial charge in [0.05, 0.1) is 18.8 Å². The van der Waals surface area contributed by atoms with Gasteiger partial charge in [-0.2, -0.15) is 0 Å². The molecule has 0 heterocycles. The predicted octanol–water partition coefficient (Wildman–Crippen LogP) is 21.4. The predicted molar refractivity (Wildman–Crippen MR) is 313 cm³/mol. The summed E-state index contributed by atoms with van der Waals surface area (Å²) < 4.78 is 0. The van der Waals surface area contributed by atoms with Gasteiger partial charge in [-0.3, -0.25) is 4.79 Å². The zero-order valence-electron chi connectivity index (χ0n) is 47.6. The molecule has 0 aromatic rings. The molecule has 0 aliphatic carbocycles. The number of carbonyl (C=O) groups excluding carboxylic acids is 1. The Labute approximate surface area is 439 Å². The van der Waals surface area contributed by atoms with Crippen molar-refractivity contribution in [3.8, 4) is 0 Å². The van der Waals surface area contributed by atoms with Crippen molar-refractivity contribution in [1.29, 1.82) is 0 Å². The van der Waals surface area contributed by atoms with E-state index < -0.39 is 12.1 Å². The molecule has 0 radical (unpaired) electrons. The molecule has 70 heavy (non-hydrogen) atoms. The highest BCUT2D eigenvalue weighted by Gasteiger charge is 2.18. The van der Waals surface area contributed by atoms with Gasteiger partial charge in [-0.15, -0.1) is 0 Å². The van der Waals surface area contributed by atoms with Crippen LogP contribution in [0.1, 0.15) is 348 Å². The summed E-state index contributed by atoms with van der Waals surface area (Å²) in [5, 5.41) is 23.2. The average Bonchev–Trinajstić information content (AvgIpc) is 3.36. The molecule has 0 aromatic carbocycles. The summed E-state index contributed by atoms with van der Waals surface area (Å²) in [6.07, 6.45) is 86.1. The average molecular weight is 981 g/mol. The number of rotatable bonds is 59. The Bertz CT molecular complexity index is 1110. The number of carbonyl (C=O) groups is 1. The maximum Gasteiger partial charge on any atom is 0.220 e. The molecule has 0 saturated carbocycles. The number of allylic oxidation sites excluding steroid dienone is 7. The molecule has 0 aliphatic heterocycles. The minimum Gasteiger partial charge on any atom is -0.394 e. The second kappa shape index (κ2) is 61.6. The maximum absolute atomic E-state index is 12.5. The number of aliphatic hydroxyl groups excluding tert-OH is 2. The van der Waals surface area contributed by atoms with Crippen LogP contribution >= 0.6 is 0 Å². The second-order valence-electron chi connectivity index (χ2n) is 21.8. The fraction of sp³-hybridized carbons (Fsp3) is 0.864. The third kappa shape index (κ3) is 57.3. The highest BCUT2D eigenvalue weighted by atomic mass is 16.3. The summed E-state index contributed by atoms with van der Waals surface area (Å²) in [7, 11) is 0. The molecule has 0 bridgehead atoms. The maximum atomic E-state index is 12.5. The van der Waals surface area contributed by atoms with Crippen LogP contribution in [-0.2, 0) is 4.79 Å². The molecule has 0 aliphatic rings. The summed E-state index contributed by atoms with van der Waals surface area (Å²) in [5.41, 5.74) is 0. The van der Waals surface area contributed by atoms with Gasteiger partial charge in [0.2, 0.25) is 5.91 Å². The summed E-state index contributed by atoms with van der Waals surface area (Å²) in [5.74, 6) is -0.0719. The first-order valence-electron chi connectivity index (χ1n) is 31.9. The number of hydrogen-bond acceptors (Lipinski definition) is 3. The zero-order valence-corrected chi connectivity index (χ0v) is 47.6. The van der Waals surface area contributed by atoms with Crippen LogP contribution in [0.2, 0.25) is 0 Å². The molecule has 0 saturated heterocycles. The largest absolute Gasteiger partial charge is 0.394 e. The van der Waals surface area contributed by atoms with Crippen molar-refractivity contribution in [2.45, 2.75) is 360 Å². The summed E-state index contributed by atoms with van der Waals surface area (Å²) in [6.45, 7) is 4.32. The summed E-state index contributed by atoms with van der Waals surface area (Å²) in [4.78, 5) is 12.5. The van der Waals surface area contributed by atoms with Crippen molar-refractivity contribution in [1.82, 2.24) is 5.32 Å². The van der Waals surface area contributed by atoms with E-state index in [0.717, 1.165) is 38.5 Å². The number of unbranched alkanes of at least 4 members (excludes halogenated alkanes) is 46. The number of nitrogens with one attached hydrogen (secondary N) is 1. The molecule has 0 rings (SSSR count). The van der Waals surface area contributed by atoms with E-state index in [1.165, 1.54) is 289 Å². The monoisotopic (exact) mass is 980 g/mol. The minimum absolute atomic E-state index is 0.0719. The Morgan fingerprint density at radius 2 is 0.557 bits per heavy atom. The Morgan fingerprint density at radius 3 is 0.829 bits per heavy atom. The molecule has 3 N–H and O–H groups in total. The van der Waals surface area contributed by atoms with Crippen molar-refractivity contribution in [3.05, 3.63) is 48.6 Å². The van der Waals surface area contributed by atoms with Crippen LogP contribution in [0.5, 0.6) is 0 Å². The van der Waals surface area contributed by atoms with Gasteiger partial charge in [0.15, 0.2) is 0 Å². The smallest absolute Gasteiger partial charge is 0.220 e. The minimum atomic E-state index is -0.870. The van der Waals surface area contributed by atoms with Crippen LogP contribution in [0, 0.1) is 0 Å². The van der Waals surface area contributed by atoms with Gasteiger partial charge in [-0.1, -0.05) is 319 Å². The van der Waals surface area contributed by atoms with Gasteiger partial charge in [-0.05, 0) is 70.6 Å². The fourth-order valence-corrected chi connectivity index (χ4v) is 9.92. The lowest BCUT2D eigenvalue weighted by Gasteiger charge is -2.19. The van der Waals surface area contributed by atoms with Crippen LogP contribution in [-0.4, -0.2) is 34.9 Å². The van der Waals surface area contributed by atoms with Crippen LogP contribution < -0.4 is 5.32 Å². The number of aliphatic hydroxyl groups is 2. The number of hydrogen-bond donors (Lipinski definition) is 3. The van der Waals surface area contributed by atoms with Gasteiger partial charge in [0.25, 0.3) is 0 Å². The first-order chi connectivity index (χ1) is 34.7. The molecule has 4 nitrogen and oxygen atoms in total. The fourth-order valence-electron chi connectivity index (χ4n) is 9.92. The highest BCUT2D eigenvalue weighted by molar-refractivity contribution is 5.76. The Hall–Kier alpha value is -1.65. The van der Waals surface area contributed by atoms with Crippen molar-refractivity contribution in [2.75, 3.05) is 6.61 Å². The van der Waals surface area contributed by atoms with Gasteiger partial charge < -0.3 is 15.5 Å². The number of amides is 1. The third-order valence-electron chi connectivity index (χ3n) is 14.8. The van der Waals surface area contributed by atoms with E-state index in [4.69, 9.17) is 0 Å². The van der Waals surface area contributed by atoms with Crippen molar-refractivity contribution < 1.29 is 15.0 Å². The van der Waals surface area contributed by atoms with Crippen molar-refractivity contribution in [3.63, 3.8) is 0 Å². The van der Waals surface area contributed by atoms with E-state index in [-0.39, 0.29) is 12.5 Å². The van der Waals surface area contributed by atoms with E-state index in [1.54, 1.807) is 6.08 Å². The molecule has 0 aromatic heterocycles. The van der Waals surface area contributed by atoms with Crippen molar-refractivity contribution in [2.24, 2.45) is 0 Å². The molecule has 1 amide bonds. The topological polar surface area (TPSA) is 69.6 Å². The first-order valence-corrected chi connectivity index (χ1v) is 31.9. The first kappa shape index (κ1) is 68.4. The van der Waals surface area contributed by atoms with E-state index in [1.807, 2.05) is 6.08 Å². The Morgan fingerprint density at radius 1 is 0.329 bits per heavy atom. The van der Waals surface area contributed by atoms with Gasteiger partial charge in [-0.25, -0.2) is 0 Å². The molecule has 4 heteroatoms. The second-order valence-corrected chi connectivity index (χ2v) is 21.8. The van der Waals surface area contributed by atoms with Crippen LogP contribution in [0.3, 0.4) is 0 Å². The zero-order chi connectivity index (χ0) is 50.6. The molecule has 2 unspecified atom stereocenters. The Kier molecular flexibility index (Phi) is 60.2. The summed E-state index contributed by atoms with van der Waals surface area (Å²) in [6, 6.07) is -0.645. The van der Waals surface area contributed by atoms with Gasteiger partial charge in [0.1, 0.15) is 0 Å². The molecule has 0 spiro atoms. The molecular weight excluding hydrogens is 855 g/mol. The molecule has 2 atom stereocenters. The SMILES string of the molecule is CCCCCCCCCC/C=C\CCCCCCCCCCCCCCCCCCCCCCCCCCCC(=O)NC(CO)C(O)/C=C/CC/C=C/CC/C=C/CCCCCCCCCCCCC. The molecular formula is C66H125NO3. The van der Waals surface area contributed by atoms with Crippen LogP contribution in [0.25, 0.3) is 0 Å². The van der Waals surface area contributed by atoms with Gasteiger partial charge >= 0.3 is 0 Å². The van der Waals surface area contributed by atoms with E-state index in [9.17, 15) is 15.0 Å². The van der Waals surface area contributed by atoms with Crippen molar-refractivity contribution >= 4 is 5.91 Å². The lowest BCUT2D eigenvalue weighted by molar-refractivity contribution is -0.123. The van der Waals surface area contributed by atoms with Crippen LogP contribution in [0.4, 0.5) is 0 Å². The summed E-state index contributed by atoms with van der Waals surface area (Å²) >= 11 is 0. The molecule has 0 fully saturated rings. The third-order valence-corrected chi connectivity index (χ3v) is 14.8. The van der Waals surface area contributed by atoms with E-state index in [2.05, 4.69) is 55.6 Å².